The number of ether oxygens (including phenoxy) is 1. The molecule has 4 atom stereocenters. The summed E-state index contributed by atoms with van der Waals surface area (Å²) in [5.74, 6) is -1.42. The summed E-state index contributed by atoms with van der Waals surface area (Å²) in [6.45, 7) is 1.90. The van der Waals surface area contributed by atoms with Crippen molar-refractivity contribution >= 4 is 39.4 Å². The molecule has 1 aliphatic rings. The van der Waals surface area contributed by atoms with Gasteiger partial charge in [0.2, 0.25) is 0 Å². The summed E-state index contributed by atoms with van der Waals surface area (Å²) in [7, 11) is 0. The maximum atomic E-state index is 14.0. The molecular formula is C29H26BrClN2O4. The van der Waals surface area contributed by atoms with E-state index in [1.807, 2.05) is 43.3 Å². The number of morpholine rings is 1. The van der Waals surface area contributed by atoms with Crippen molar-refractivity contribution in [3.63, 3.8) is 0 Å². The predicted octanol–water partition coefficient (Wildman–Crippen LogP) is 6.48. The van der Waals surface area contributed by atoms with E-state index >= 15 is 0 Å². The van der Waals surface area contributed by atoms with Gasteiger partial charge in [-0.05, 0) is 59.5 Å². The lowest BCUT2D eigenvalue weighted by molar-refractivity contribution is -0.184. The summed E-state index contributed by atoms with van der Waals surface area (Å²) in [6.07, 6.45) is -0.375. The molecule has 1 aliphatic heterocycles. The van der Waals surface area contributed by atoms with E-state index in [4.69, 9.17) is 21.6 Å². The number of nitrogens with zero attached hydrogens (tertiary/aromatic N) is 2. The highest BCUT2D eigenvalue weighted by Gasteiger charge is 2.48. The number of carboxylic acids is 1. The largest absolute Gasteiger partial charge is 0.480 e. The average molecular weight is 582 g/mol. The van der Waals surface area contributed by atoms with Crippen LogP contribution in [0.15, 0.2) is 77.3 Å². The van der Waals surface area contributed by atoms with E-state index < -0.39 is 30.3 Å². The Labute approximate surface area is 229 Å². The van der Waals surface area contributed by atoms with E-state index in [9.17, 15) is 14.7 Å². The van der Waals surface area contributed by atoms with Crippen molar-refractivity contribution in [2.45, 2.75) is 50.5 Å². The molecule has 1 amide bonds. The standard InChI is InChI=1S/C29H26BrClN2O4/c1-2-3-24(29(35)36)33-26(20-8-12-22(30)13-9-20)27(21-10-14-23(31)15-11-21)37-25(28(33)34)16-18-4-6-19(17-32)7-5-18/h4-15,24-27H,2-3,16H2,1H3,(H,35,36)/t24-,25+,26-,27+/m0/s1. The second-order valence-electron chi connectivity index (χ2n) is 8.99. The lowest BCUT2D eigenvalue weighted by atomic mass is 9.88. The van der Waals surface area contributed by atoms with Crippen LogP contribution in [-0.2, 0) is 20.7 Å². The van der Waals surface area contributed by atoms with Crippen LogP contribution in [0.3, 0.4) is 0 Å². The van der Waals surface area contributed by atoms with Crippen molar-refractivity contribution in [2.24, 2.45) is 0 Å². The lowest BCUT2D eigenvalue weighted by Crippen LogP contribution is -2.57. The molecule has 1 heterocycles. The Morgan fingerprint density at radius 2 is 1.70 bits per heavy atom. The molecule has 0 aliphatic carbocycles. The van der Waals surface area contributed by atoms with Crippen LogP contribution in [0, 0.1) is 11.3 Å². The minimum atomic E-state index is -1.05. The number of benzene rings is 3. The second-order valence-corrected chi connectivity index (χ2v) is 10.3. The molecule has 0 spiro atoms. The number of halogens is 2. The third kappa shape index (κ3) is 6.04. The Hall–Kier alpha value is -3.18. The van der Waals surface area contributed by atoms with Crippen molar-refractivity contribution in [2.75, 3.05) is 0 Å². The predicted molar refractivity (Wildman–Crippen MR) is 144 cm³/mol. The second kappa shape index (κ2) is 11.9. The van der Waals surface area contributed by atoms with Gasteiger partial charge in [-0.3, -0.25) is 4.79 Å². The summed E-state index contributed by atoms with van der Waals surface area (Å²) >= 11 is 9.61. The smallest absolute Gasteiger partial charge is 0.326 e. The summed E-state index contributed by atoms with van der Waals surface area (Å²) in [5.41, 5.74) is 2.90. The summed E-state index contributed by atoms with van der Waals surface area (Å²) in [4.78, 5) is 28.0. The quantitative estimate of drug-likeness (QED) is 0.329. The zero-order chi connectivity index (χ0) is 26.5. The number of carbonyl (C=O) groups is 2. The molecule has 4 rings (SSSR count). The monoisotopic (exact) mass is 580 g/mol. The fraction of sp³-hybridized carbons (Fsp3) is 0.276. The van der Waals surface area contributed by atoms with Crippen molar-refractivity contribution in [1.29, 1.82) is 5.26 Å². The van der Waals surface area contributed by atoms with Crippen LogP contribution in [0.4, 0.5) is 0 Å². The number of carbonyl (C=O) groups excluding carboxylic acids is 1. The van der Waals surface area contributed by atoms with E-state index in [1.54, 1.807) is 36.4 Å². The number of carboxylic acid groups (broad SMARTS) is 1. The maximum Gasteiger partial charge on any atom is 0.326 e. The highest BCUT2D eigenvalue weighted by atomic mass is 79.9. The van der Waals surface area contributed by atoms with Gasteiger partial charge in [0.1, 0.15) is 18.2 Å². The zero-order valence-corrected chi connectivity index (χ0v) is 22.5. The van der Waals surface area contributed by atoms with Gasteiger partial charge < -0.3 is 14.7 Å². The Morgan fingerprint density at radius 3 is 2.27 bits per heavy atom. The topological polar surface area (TPSA) is 90.6 Å². The fourth-order valence-electron chi connectivity index (χ4n) is 4.73. The first-order chi connectivity index (χ1) is 17.8. The molecule has 1 fully saturated rings. The first kappa shape index (κ1) is 26.9. The van der Waals surface area contributed by atoms with E-state index in [1.165, 1.54) is 4.90 Å². The molecule has 3 aromatic rings. The van der Waals surface area contributed by atoms with Crippen molar-refractivity contribution in [1.82, 2.24) is 4.90 Å². The van der Waals surface area contributed by atoms with Crippen LogP contribution in [0.5, 0.6) is 0 Å². The van der Waals surface area contributed by atoms with E-state index in [0.717, 1.165) is 21.2 Å². The van der Waals surface area contributed by atoms with E-state index in [-0.39, 0.29) is 12.3 Å². The Bertz CT molecular complexity index is 1290. The van der Waals surface area contributed by atoms with Gasteiger partial charge in [-0.1, -0.05) is 77.3 Å². The van der Waals surface area contributed by atoms with Gasteiger partial charge in [0.05, 0.1) is 17.7 Å². The zero-order valence-electron chi connectivity index (χ0n) is 20.2. The average Bonchev–Trinajstić information content (AvgIpc) is 2.90. The molecule has 0 saturated carbocycles. The molecule has 6 nitrogen and oxygen atoms in total. The number of nitriles is 1. The van der Waals surface area contributed by atoms with Gasteiger partial charge in [0.15, 0.2) is 0 Å². The van der Waals surface area contributed by atoms with Crippen molar-refractivity contribution in [3.05, 3.63) is 105 Å². The minimum absolute atomic E-state index is 0.247. The van der Waals surface area contributed by atoms with Gasteiger partial charge in [-0.25, -0.2) is 4.79 Å². The van der Waals surface area contributed by atoms with Gasteiger partial charge in [-0.2, -0.15) is 5.26 Å². The van der Waals surface area contributed by atoms with Crippen LogP contribution < -0.4 is 0 Å². The summed E-state index contributed by atoms with van der Waals surface area (Å²) in [5, 5.41) is 19.9. The number of hydrogen-bond acceptors (Lipinski definition) is 4. The molecule has 1 N–H and O–H groups in total. The molecule has 37 heavy (non-hydrogen) atoms. The van der Waals surface area contributed by atoms with Crippen molar-refractivity contribution < 1.29 is 19.4 Å². The molecular weight excluding hydrogens is 556 g/mol. The molecule has 0 bridgehead atoms. The highest BCUT2D eigenvalue weighted by molar-refractivity contribution is 9.10. The first-order valence-electron chi connectivity index (χ1n) is 12.0. The third-order valence-corrected chi connectivity index (χ3v) is 7.31. The third-order valence-electron chi connectivity index (χ3n) is 6.52. The van der Waals surface area contributed by atoms with Crippen LogP contribution in [0.2, 0.25) is 5.02 Å². The molecule has 0 radical (unpaired) electrons. The van der Waals surface area contributed by atoms with Crippen LogP contribution in [0.1, 0.15) is 54.2 Å². The van der Waals surface area contributed by atoms with Crippen molar-refractivity contribution in [3.8, 4) is 6.07 Å². The number of amides is 1. The van der Waals surface area contributed by atoms with Crippen LogP contribution in [0.25, 0.3) is 0 Å². The minimum Gasteiger partial charge on any atom is -0.480 e. The Morgan fingerprint density at radius 1 is 1.08 bits per heavy atom. The van der Waals surface area contributed by atoms with Crippen LogP contribution in [-0.4, -0.2) is 34.0 Å². The summed E-state index contributed by atoms with van der Waals surface area (Å²) < 4.78 is 7.39. The van der Waals surface area contributed by atoms with Gasteiger partial charge in [0.25, 0.3) is 5.91 Å². The first-order valence-corrected chi connectivity index (χ1v) is 13.2. The SMILES string of the molecule is CCC[C@@H](C(=O)O)N1C(=O)[C@@H](Cc2ccc(C#N)cc2)O[C@H](c2ccc(Cl)cc2)[C@@H]1c1ccc(Br)cc1. The normalized spacial score (nSPS) is 20.3. The lowest BCUT2D eigenvalue weighted by Gasteiger charge is -2.47. The molecule has 8 heteroatoms. The van der Waals surface area contributed by atoms with E-state index in [0.29, 0.717) is 23.4 Å². The highest BCUT2D eigenvalue weighted by Crippen LogP contribution is 2.44. The van der Waals surface area contributed by atoms with Crippen LogP contribution >= 0.6 is 27.5 Å². The molecule has 0 aromatic heterocycles. The Balaban J connectivity index is 1.83. The number of aliphatic carboxylic acids is 1. The Kier molecular flexibility index (Phi) is 8.65. The molecule has 190 valence electrons. The number of hydrogen-bond donors (Lipinski definition) is 1. The number of rotatable bonds is 8. The van der Waals surface area contributed by atoms with Gasteiger partial charge in [-0.15, -0.1) is 0 Å². The molecule has 0 unspecified atom stereocenters. The fourth-order valence-corrected chi connectivity index (χ4v) is 5.13. The molecule has 1 saturated heterocycles. The maximum absolute atomic E-state index is 14.0. The molecule has 3 aromatic carbocycles. The summed E-state index contributed by atoms with van der Waals surface area (Å²) in [6, 6.07) is 22.1. The van der Waals surface area contributed by atoms with Gasteiger partial charge >= 0.3 is 5.97 Å². The van der Waals surface area contributed by atoms with E-state index in [2.05, 4.69) is 22.0 Å². The van der Waals surface area contributed by atoms with Gasteiger partial charge in [0, 0.05) is 15.9 Å².